The smallest absolute Gasteiger partial charge is 0.340 e. The van der Waals surface area contributed by atoms with Crippen molar-refractivity contribution in [3.05, 3.63) is 64.4 Å². The Kier molecular flexibility index (Phi) is 5.82. The molecule has 3 rings (SSSR count). The number of anilines is 2. The number of hydrogen-bond donors (Lipinski definition) is 2. The van der Waals surface area contributed by atoms with E-state index in [9.17, 15) is 9.18 Å². The molecule has 0 fully saturated rings. The van der Waals surface area contributed by atoms with Gasteiger partial charge in [0.2, 0.25) is 0 Å². The number of nitrogens with one attached hydrogen (secondary N) is 2. The molecule has 2 N–H and O–H groups in total. The Morgan fingerprint density at radius 3 is 2.85 bits per heavy atom. The number of esters is 1. The second-order valence-electron chi connectivity index (χ2n) is 5.66. The van der Waals surface area contributed by atoms with Crippen LogP contribution in [0.2, 0.25) is 0 Å². The first-order valence-corrected chi connectivity index (χ1v) is 9.22. The molecule has 140 valence electrons. The van der Waals surface area contributed by atoms with Gasteiger partial charge in [0, 0.05) is 22.7 Å². The number of nitrogens with zero attached hydrogens (tertiary/aromatic N) is 2. The SMILES string of the molecule is COC(=O)c1cc(C)sc1NC(=S)Nc1ccn(Cc2ccccc2F)n1. The van der Waals surface area contributed by atoms with Crippen LogP contribution < -0.4 is 10.6 Å². The van der Waals surface area contributed by atoms with Crippen LogP contribution in [-0.4, -0.2) is 28.0 Å². The number of halogens is 1. The number of carbonyl (C=O) groups is 1. The summed E-state index contributed by atoms with van der Waals surface area (Å²) in [6.07, 6.45) is 1.73. The molecule has 1 aromatic carbocycles. The molecule has 3 aromatic rings. The van der Waals surface area contributed by atoms with Crippen LogP contribution in [0.5, 0.6) is 0 Å². The van der Waals surface area contributed by atoms with Crippen molar-refractivity contribution in [1.29, 1.82) is 0 Å². The third kappa shape index (κ3) is 4.69. The van der Waals surface area contributed by atoms with E-state index in [0.29, 0.717) is 28.5 Å². The highest BCUT2D eigenvalue weighted by Crippen LogP contribution is 2.28. The van der Waals surface area contributed by atoms with Gasteiger partial charge in [-0.3, -0.25) is 4.68 Å². The van der Waals surface area contributed by atoms with Crippen LogP contribution in [0.4, 0.5) is 15.2 Å². The van der Waals surface area contributed by atoms with E-state index in [1.54, 1.807) is 41.2 Å². The van der Waals surface area contributed by atoms with Gasteiger partial charge in [-0.25, -0.2) is 9.18 Å². The predicted octanol–water partition coefficient (Wildman–Crippen LogP) is 4.04. The first-order chi connectivity index (χ1) is 13.0. The van der Waals surface area contributed by atoms with Gasteiger partial charge in [-0.2, -0.15) is 5.10 Å². The monoisotopic (exact) mass is 404 g/mol. The third-order valence-electron chi connectivity index (χ3n) is 3.66. The topological polar surface area (TPSA) is 68.2 Å². The van der Waals surface area contributed by atoms with Gasteiger partial charge in [-0.1, -0.05) is 18.2 Å². The molecule has 6 nitrogen and oxygen atoms in total. The summed E-state index contributed by atoms with van der Waals surface area (Å²) in [7, 11) is 1.33. The highest BCUT2D eigenvalue weighted by atomic mass is 32.1. The van der Waals surface area contributed by atoms with E-state index in [4.69, 9.17) is 17.0 Å². The lowest BCUT2D eigenvalue weighted by Gasteiger charge is -2.08. The van der Waals surface area contributed by atoms with Gasteiger partial charge in [-0.05, 0) is 31.3 Å². The second-order valence-corrected chi connectivity index (χ2v) is 7.33. The molecule has 0 bridgehead atoms. The number of thiocarbonyl (C=S) groups is 1. The number of aryl methyl sites for hydroxylation is 1. The molecule has 9 heteroatoms. The zero-order chi connectivity index (χ0) is 19.4. The van der Waals surface area contributed by atoms with Gasteiger partial charge in [0.1, 0.15) is 10.8 Å². The summed E-state index contributed by atoms with van der Waals surface area (Å²) in [5.74, 6) is -0.196. The number of ether oxygens (including phenoxy) is 1. The van der Waals surface area contributed by atoms with Crippen molar-refractivity contribution in [3.63, 3.8) is 0 Å². The lowest BCUT2D eigenvalue weighted by molar-refractivity contribution is 0.0602. The summed E-state index contributed by atoms with van der Waals surface area (Å²) in [5, 5.41) is 11.2. The first-order valence-electron chi connectivity index (χ1n) is 8.00. The van der Waals surface area contributed by atoms with E-state index in [2.05, 4.69) is 15.7 Å². The van der Waals surface area contributed by atoms with Crippen LogP contribution in [0.1, 0.15) is 20.8 Å². The van der Waals surface area contributed by atoms with E-state index in [0.717, 1.165) is 4.88 Å². The summed E-state index contributed by atoms with van der Waals surface area (Å²) < 4.78 is 20.1. The molecule has 0 radical (unpaired) electrons. The number of carbonyl (C=O) groups excluding carboxylic acids is 1. The first kappa shape index (κ1) is 19.0. The zero-order valence-electron chi connectivity index (χ0n) is 14.7. The highest BCUT2D eigenvalue weighted by Gasteiger charge is 2.16. The Morgan fingerprint density at radius 2 is 2.11 bits per heavy atom. The third-order valence-corrected chi connectivity index (χ3v) is 4.83. The fourth-order valence-corrected chi connectivity index (χ4v) is 3.61. The highest BCUT2D eigenvalue weighted by molar-refractivity contribution is 7.80. The van der Waals surface area contributed by atoms with Crippen LogP contribution in [-0.2, 0) is 11.3 Å². The van der Waals surface area contributed by atoms with Gasteiger partial charge < -0.3 is 15.4 Å². The van der Waals surface area contributed by atoms with E-state index in [-0.39, 0.29) is 10.9 Å². The normalized spacial score (nSPS) is 10.5. The zero-order valence-corrected chi connectivity index (χ0v) is 16.3. The van der Waals surface area contributed by atoms with Crippen molar-refractivity contribution in [2.75, 3.05) is 17.7 Å². The summed E-state index contributed by atoms with van der Waals surface area (Å²) in [5.41, 5.74) is 0.971. The average Bonchev–Trinajstić information content (AvgIpc) is 3.22. The van der Waals surface area contributed by atoms with Crippen molar-refractivity contribution in [3.8, 4) is 0 Å². The van der Waals surface area contributed by atoms with Gasteiger partial charge in [0.15, 0.2) is 10.9 Å². The molecule has 0 spiro atoms. The Morgan fingerprint density at radius 1 is 1.33 bits per heavy atom. The molecule has 0 amide bonds. The molecule has 0 unspecified atom stereocenters. The molecular weight excluding hydrogens is 387 g/mol. The fourth-order valence-electron chi connectivity index (χ4n) is 2.44. The van der Waals surface area contributed by atoms with Crippen LogP contribution in [0.3, 0.4) is 0 Å². The van der Waals surface area contributed by atoms with Crippen LogP contribution in [0.25, 0.3) is 0 Å². The number of thiophene rings is 1. The Balaban J connectivity index is 1.65. The molecular formula is C18H17FN4O2S2. The fraction of sp³-hybridized carbons (Fsp3) is 0.167. The standard InChI is InChI=1S/C18H17FN4O2S2/c1-11-9-13(17(24)25-2)16(27-11)21-18(26)20-15-7-8-23(22-15)10-12-5-3-4-6-14(12)19/h3-9H,10H2,1-2H3,(H2,20,21,22,26). The van der Waals surface area contributed by atoms with Crippen molar-refractivity contribution < 1.29 is 13.9 Å². The quantitative estimate of drug-likeness (QED) is 0.494. The van der Waals surface area contributed by atoms with Crippen molar-refractivity contribution in [2.45, 2.75) is 13.5 Å². The molecule has 0 atom stereocenters. The maximum Gasteiger partial charge on any atom is 0.340 e. The molecule has 0 aliphatic rings. The summed E-state index contributed by atoms with van der Waals surface area (Å²) >= 11 is 6.69. The summed E-state index contributed by atoms with van der Waals surface area (Å²) in [4.78, 5) is 12.8. The van der Waals surface area contributed by atoms with Gasteiger partial charge >= 0.3 is 5.97 Å². The summed E-state index contributed by atoms with van der Waals surface area (Å²) in [6.45, 7) is 2.20. The molecule has 0 saturated carbocycles. The van der Waals surface area contributed by atoms with Gasteiger partial charge in [0.05, 0.1) is 19.2 Å². The van der Waals surface area contributed by atoms with E-state index < -0.39 is 5.97 Å². The largest absolute Gasteiger partial charge is 0.465 e. The molecule has 27 heavy (non-hydrogen) atoms. The Labute approximate surface area is 165 Å². The molecule has 2 aromatic heterocycles. The number of rotatable bonds is 5. The van der Waals surface area contributed by atoms with E-state index in [1.807, 2.05) is 6.92 Å². The van der Waals surface area contributed by atoms with Crippen LogP contribution in [0.15, 0.2) is 42.6 Å². The number of methoxy groups -OCH3 is 1. The summed E-state index contributed by atoms with van der Waals surface area (Å²) in [6, 6.07) is 10.0. The molecule has 0 saturated heterocycles. The van der Waals surface area contributed by atoms with Crippen LogP contribution in [0, 0.1) is 12.7 Å². The maximum absolute atomic E-state index is 13.7. The minimum absolute atomic E-state index is 0.275. The number of hydrogen-bond acceptors (Lipinski definition) is 5. The second kappa shape index (κ2) is 8.28. The Bertz CT molecular complexity index is 983. The Hall–Kier alpha value is -2.78. The van der Waals surface area contributed by atoms with Crippen LogP contribution >= 0.6 is 23.6 Å². The van der Waals surface area contributed by atoms with Crippen molar-refractivity contribution in [1.82, 2.24) is 9.78 Å². The minimum Gasteiger partial charge on any atom is -0.465 e. The lowest BCUT2D eigenvalue weighted by Crippen LogP contribution is -2.20. The molecule has 0 aliphatic heterocycles. The number of aromatic nitrogens is 2. The predicted molar refractivity (Wildman–Crippen MR) is 108 cm³/mol. The maximum atomic E-state index is 13.7. The van der Waals surface area contributed by atoms with E-state index >= 15 is 0 Å². The van der Waals surface area contributed by atoms with Gasteiger partial charge in [0.25, 0.3) is 0 Å². The molecule has 0 aliphatic carbocycles. The average molecular weight is 404 g/mol. The molecule has 2 heterocycles. The van der Waals surface area contributed by atoms with Crippen molar-refractivity contribution >= 4 is 45.5 Å². The van der Waals surface area contributed by atoms with E-state index in [1.165, 1.54) is 24.5 Å². The minimum atomic E-state index is -0.432. The number of benzene rings is 1. The lowest BCUT2D eigenvalue weighted by atomic mass is 10.2. The van der Waals surface area contributed by atoms with Crippen molar-refractivity contribution in [2.24, 2.45) is 0 Å². The van der Waals surface area contributed by atoms with Gasteiger partial charge in [-0.15, -0.1) is 11.3 Å².